The summed E-state index contributed by atoms with van der Waals surface area (Å²) >= 11 is 0. The quantitative estimate of drug-likeness (QED) is 0.662. The van der Waals surface area contributed by atoms with Gasteiger partial charge in [-0.25, -0.2) is 14.2 Å². The minimum Gasteiger partial charge on any atom is -0.489 e. The van der Waals surface area contributed by atoms with Crippen molar-refractivity contribution in [1.29, 1.82) is 0 Å². The minimum absolute atomic E-state index is 0.0754. The normalized spacial score (nSPS) is 21.8. The van der Waals surface area contributed by atoms with Crippen LogP contribution in [0.4, 0.5) is 20.7 Å². The number of nitrogens with one attached hydrogen (secondary N) is 1. The molecule has 1 aromatic heterocycles. The number of carbonyl (C=O) groups excluding carboxylic acids is 1. The number of rotatable bonds is 6. The average Bonchev–Trinajstić information content (AvgIpc) is 3.32. The zero-order valence-corrected chi connectivity index (χ0v) is 19.7. The van der Waals surface area contributed by atoms with E-state index in [2.05, 4.69) is 15.3 Å². The van der Waals surface area contributed by atoms with Gasteiger partial charge in [-0.05, 0) is 57.7 Å². The third kappa shape index (κ3) is 4.82. The first-order valence-corrected chi connectivity index (χ1v) is 11.3. The van der Waals surface area contributed by atoms with Crippen LogP contribution in [-0.4, -0.2) is 51.9 Å². The van der Waals surface area contributed by atoms with Crippen molar-refractivity contribution >= 4 is 17.6 Å². The number of hydrogen-bond acceptors (Lipinski definition) is 7. The lowest BCUT2D eigenvalue weighted by atomic mass is 9.98. The predicted molar refractivity (Wildman–Crippen MR) is 122 cm³/mol. The molecule has 1 N–H and O–H groups in total. The van der Waals surface area contributed by atoms with Gasteiger partial charge >= 0.3 is 6.09 Å². The summed E-state index contributed by atoms with van der Waals surface area (Å²) in [5, 5.41) is 2.98. The third-order valence-corrected chi connectivity index (χ3v) is 6.02. The Morgan fingerprint density at radius 1 is 1.27 bits per heavy atom. The maximum atomic E-state index is 14.5. The number of ether oxygens (including phenoxy) is 3. The van der Waals surface area contributed by atoms with Gasteiger partial charge in [-0.1, -0.05) is 13.0 Å². The maximum absolute atomic E-state index is 14.5. The summed E-state index contributed by atoms with van der Waals surface area (Å²) in [6.07, 6.45) is 3.98. The van der Waals surface area contributed by atoms with Gasteiger partial charge in [0.25, 0.3) is 5.88 Å². The van der Waals surface area contributed by atoms with Gasteiger partial charge in [-0.15, -0.1) is 0 Å². The van der Waals surface area contributed by atoms with Crippen molar-refractivity contribution < 1.29 is 23.4 Å². The van der Waals surface area contributed by atoms with Gasteiger partial charge in [0, 0.05) is 12.5 Å². The Hall–Kier alpha value is -3.10. The van der Waals surface area contributed by atoms with Crippen LogP contribution < -0.4 is 14.8 Å². The van der Waals surface area contributed by atoms with Gasteiger partial charge in [0.15, 0.2) is 5.82 Å². The van der Waals surface area contributed by atoms with Gasteiger partial charge < -0.3 is 19.5 Å². The van der Waals surface area contributed by atoms with Crippen LogP contribution in [-0.2, 0) is 11.2 Å². The van der Waals surface area contributed by atoms with Crippen molar-refractivity contribution in [3.63, 3.8) is 0 Å². The molecule has 0 saturated carbocycles. The average molecular weight is 459 g/mol. The van der Waals surface area contributed by atoms with E-state index in [1.807, 2.05) is 33.8 Å². The molecule has 0 spiro atoms. The first-order valence-electron chi connectivity index (χ1n) is 11.3. The van der Waals surface area contributed by atoms with Crippen LogP contribution in [0.1, 0.15) is 52.5 Å². The molecule has 2 fully saturated rings. The summed E-state index contributed by atoms with van der Waals surface area (Å²) in [6, 6.07) is 5.00. The summed E-state index contributed by atoms with van der Waals surface area (Å²) in [7, 11) is 1.49. The van der Waals surface area contributed by atoms with E-state index in [9.17, 15) is 9.18 Å². The molecule has 2 saturated heterocycles. The summed E-state index contributed by atoms with van der Waals surface area (Å²) < 4.78 is 31.8. The summed E-state index contributed by atoms with van der Waals surface area (Å²) in [4.78, 5) is 23.0. The SMILES string of the molecule is CCc1ccc(Nc2ncnc(O[C@H]3CC4CCC3N4C(=O)OC(C)(C)C)c2OC)c(F)c1. The molecule has 1 amide bonds. The van der Waals surface area contributed by atoms with Crippen LogP contribution in [0.15, 0.2) is 24.5 Å². The molecule has 9 heteroatoms. The number of nitrogens with zero attached hydrogens (tertiary/aromatic N) is 3. The number of fused-ring (bicyclic) bond motifs is 2. The first kappa shape index (κ1) is 23.1. The van der Waals surface area contributed by atoms with Crippen molar-refractivity contribution in [2.45, 2.75) is 77.2 Å². The largest absolute Gasteiger partial charge is 0.489 e. The molecule has 2 unspecified atom stereocenters. The summed E-state index contributed by atoms with van der Waals surface area (Å²) in [6.45, 7) is 7.54. The van der Waals surface area contributed by atoms with E-state index in [1.54, 1.807) is 11.0 Å². The van der Waals surface area contributed by atoms with E-state index in [1.165, 1.54) is 19.5 Å². The highest BCUT2D eigenvalue weighted by Gasteiger charge is 2.51. The van der Waals surface area contributed by atoms with Crippen LogP contribution in [0.5, 0.6) is 11.6 Å². The maximum Gasteiger partial charge on any atom is 0.410 e. The van der Waals surface area contributed by atoms with Crippen LogP contribution >= 0.6 is 0 Å². The first-order chi connectivity index (χ1) is 15.7. The predicted octanol–water partition coefficient (Wildman–Crippen LogP) is 4.85. The van der Waals surface area contributed by atoms with Crippen molar-refractivity contribution in [2.24, 2.45) is 0 Å². The van der Waals surface area contributed by atoms with Gasteiger partial charge in [0.1, 0.15) is 23.8 Å². The van der Waals surface area contributed by atoms with Crippen LogP contribution in [0.25, 0.3) is 0 Å². The molecule has 0 aliphatic carbocycles. The molecule has 1 aromatic carbocycles. The number of aryl methyl sites for hydroxylation is 1. The fraction of sp³-hybridized carbons (Fsp3) is 0.542. The van der Waals surface area contributed by atoms with E-state index in [-0.39, 0.29) is 47.4 Å². The molecule has 4 rings (SSSR count). The Labute approximate surface area is 193 Å². The second kappa shape index (κ2) is 9.03. The van der Waals surface area contributed by atoms with Crippen molar-refractivity contribution in [2.75, 3.05) is 12.4 Å². The molecule has 0 radical (unpaired) electrons. The lowest BCUT2D eigenvalue weighted by Gasteiger charge is -2.28. The Morgan fingerprint density at radius 3 is 2.73 bits per heavy atom. The van der Waals surface area contributed by atoms with Gasteiger partial charge in [-0.3, -0.25) is 4.90 Å². The van der Waals surface area contributed by atoms with Crippen LogP contribution in [0.3, 0.4) is 0 Å². The molecular formula is C24H31FN4O4. The molecule has 2 aliphatic rings. The Bertz CT molecular complexity index is 1030. The molecule has 2 aliphatic heterocycles. The highest BCUT2D eigenvalue weighted by Crippen LogP contribution is 2.42. The standard InChI is InChI=1S/C24H31FN4O4/c1-6-14-7-9-17(16(25)11-14)28-21-20(31-5)22(27-13-26-21)32-19-12-15-8-10-18(19)29(15)23(30)33-24(2,3)4/h7,9,11,13,15,18-19H,6,8,10,12H2,1-5H3,(H,26,27,28)/t15?,18?,19-/m0/s1. The van der Waals surface area contributed by atoms with E-state index in [4.69, 9.17) is 14.2 Å². The Balaban J connectivity index is 1.52. The number of anilines is 2. The van der Waals surface area contributed by atoms with Crippen molar-refractivity contribution in [1.82, 2.24) is 14.9 Å². The second-order valence-corrected chi connectivity index (χ2v) is 9.43. The van der Waals surface area contributed by atoms with Gasteiger partial charge in [0.2, 0.25) is 5.75 Å². The molecule has 178 valence electrons. The number of halogens is 1. The number of amides is 1. The van der Waals surface area contributed by atoms with E-state index in [0.29, 0.717) is 12.2 Å². The van der Waals surface area contributed by atoms with E-state index >= 15 is 0 Å². The van der Waals surface area contributed by atoms with Crippen LogP contribution in [0.2, 0.25) is 0 Å². The third-order valence-electron chi connectivity index (χ3n) is 6.02. The molecule has 3 heterocycles. The van der Waals surface area contributed by atoms with Gasteiger partial charge in [-0.2, -0.15) is 4.98 Å². The number of carbonyl (C=O) groups is 1. The zero-order chi connectivity index (χ0) is 23.8. The smallest absolute Gasteiger partial charge is 0.410 e. The monoisotopic (exact) mass is 458 g/mol. The lowest BCUT2D eigenvalue weighted by molar-refractivity contribution is 0.0179. The van der Waals surface area contributed by atoms with E-state index in [0.717, 1.165) is 24.8 Å². The molecule has 2 aromatic rings. The molecular weight excluding hydrogens is 427 g/mol. The van der Waals surface area contributed by atoms with Crippen LogP contribution in [0, 0.1) is 5.82 Å². The minimum atomic E-state index is -0.559. The molecule has 8 nitrogen and oxygen atoms in total. The highest BCUT2D eigenvalue weighted by molar-refractivity contribution is 5.70. The topological polar surface area (TPSA) is 85.8 Å². The lowest BCUT2D eigenvalue weighted by Crippen LogP contribution is -2.42. The zero-order valence-electron chi connectivity index (χ0n) is 19.7. The number of aromatic nitrogens is 2. The Morgan fingerprint density at radius 2 is 2.06 bits per heavy atom. The molecule has 3 atom stereocenters. The van der Waals surface area contributed by atoms with Crippen molar-refractivity contribution in [3.8, 4) is 11.6 Å². The summed E-state index contributed by atoms with van der Waals surface area (Å²) in [5.74, 6) is 0.460. The molecule has 33 heavy (non-hydrogen) atoms. The number of hydrogen-bond donors (Lipinski definition) is 1. The fourth-order valence-corrected chi connectivity index (χ4v) is 4.52. The Kier molecular flexibility index (Phi) is 6.32. The van der Waals surface area contributed by atoms with Crippen molar-refractivity contribution in [3.05, 3.63) is 35.9 Å². The number of methoxy groups -OCH3 is 1. The highest BCUT2D eigenvalue weighted by atomic mass is 19.1. The summed E-state index contributed by atoms with van der Waals surface area (Å²) in [5.41, 5.74) is 0.630. The fourth-order valence-electron chi connectivity index (χ4n) is 4.52. The molecule has 2 bridgehead atoms. The van der Waals surface area contributed by atoms with E-state index < -0.39 is 5.60 Å². The number of benzene rings is 1. The second-order valence-electron chi connectivity index (χ2n) is 9.43. The van der Waals surface area contributed by atoms with Gasteiger partial charge in [0.05, 0.1) is 18.8 Å².